The molecule has 3 amide bonds. The number of hydrogen-bond acceptors (Lipinski definition) is 7. The van der Waals surface area contributed by atoms with Crippen molar-refractivity contribution >= 4 is 45.0 Å². The fourth-order valence-corrected chi connectivity index (χ4v) is 3.55. The molecule has 1 saturated heterocycles. The normalized spacial score (nSPS) is 21.2. The maximum atomic E-state index is 11.8. The highest BCUT2D eigenvalue weighted by molar-refractivity contribution is 7.84. The number of rotatable bonds is 6. The van der Waals surface area contributed by atoms with Crippen LogP contribution < -0.4 is 10.6 Å². The smallest absolute Gasteiger partial charge is 0.342 e. The molecule has 1 aliphatic rings. The van der Waals surface area contributed by atoms with E-state index in [9.17, 15) is 22.8 Å². The molecular weight excluding hydrogens is 336 g/mol. The van der Waals surface area contributed by atoms with Gasteiger partial charge in [0.15, 0.2) is 5.13 Å². The van der Waals surface area contributed by atoms with E-state index in [1.807, 2.05) is 0 Å². The maximum Gasteiger partial charge on any atom is 0.362 e. The summed E-state index contributed by atoms with van der Waals surface area (Å²) in [6.45, 7) is 1.38. The number of β-lactam (4-membered cyclic amide) rings is 1. The van der Waals surface area contributed by atoms with E-state index in [1.165, 1.54) is 6.92 Å². The van der Waals surface area contributed by atoms with Gasteiger partial charge in [-0.1, -0.05) is 0 Å². The third-order valence-electron chi connectivity index (χ3n) is 2.98. The second kappa shape index (κ2) is 5.98. The molecular formula is C10H12N4O6S2. The number of amides is 3. The predicted octanol–water partition coefficient (Wildman–Crippen LogP) is -1.23. The highest BCUT2D eigenvalue weighted by Gasteiger charge is 2.51. The zero-order valence-corrected chi connectivity index (χ0v) is 12.8. The highest BCUT2D eigenvalue weighted by Crippen LogP contribution is 2.23. The van der Waals surface area contributed by atoms with Gasteiger partial charge in [-0.25, -0.2) is 9.29 Å². The van der Waals surface area contributed by atoms with Gasteiger partial charge in [-0.05, 0) is 6.92 Å². The Bertz CT molecular complexity index is 715. The van der Waals surface area contributed by atoms with Gasteiger partial charge in [-0.3, -0.25) is 18.9 Å². The van der Waals surface area contributed by atoms with Gasteiger partial charge in [0.1, 0.15) is 6.04 Å². The van der Waals surface area contributed by atoms with Crippen LogP contribution in [0.2, 0.25) is 0 Å². The van der Waals surface area contributed by atoms with Crippen molar-refractivity contribution in [2.75, 3.05) is 5.32 Å². The molecule has 1 aromatic rings. The highest BCUT2D eigenvalue weighted by atomic mass is 32.2. The van der Waals surface area contributed by atoms with Gasteiger partial charge in [0.25, 0.3) is 5.91 Å². The van der Waals surface area contributed by atoms with E-state index >= 15 is 0 Å². The second-order valence-corrected chi connectivity index (χ2v) is 6.63. The first-order valence-electron chi connectivity index (χ1n) is 5.98. The van der Waals surface area contributed by atoms with Crippen LogP contribution in [0.1, 0.15) is 12.6 Å². The summed E-state index contributed by atoms with van der Waals surface area (Å²) in [7, 11) is -4.61. The van der Waals surface area contributed by atoms with Crippen molar-refractivity contribution in [2.45, 2.75) is 25.4 Å². The van der Waals surface area contributed by atoms with E-state index in [0.717, 1.165) is 11.3 Å². The van der Waals surface area contributed by atoms with Crippen molar-refractivity contribution in [3.8, 4) is 0 Å². The molecule has 3 N–H and O–H groups in total. The Kier molecular flexibility index (Phi) is 4.44. The van der Waals surface area contributed by atoms with Crippen LogP contribution in [0.4, 0.5) is 5.13 Å². The van der Waals surface area contributed by atoms with Gasteiger partial charge in [0.05, 0.1) is 18.2 Å². The maximum absolute atomic E-state index is 11.8. The summed E-state index contributed by atoms with van der Waals surface area (Å²) in [4.78, 5) is 37.6. The van der Waals surface area contributed by atoms with Crippen LogP contribution in [0.3, 0.4) is 0 Å². The van der Waals surface area contributed by atoms with Crippen LogP contribution in [0.5, 0.6) is 0 Å². The lowest BCUT2D eigenvalue weighted by molar-refractivity contribution is -0.144. The quantitative estimate of drug-likeness (QED) is 0.331. The lowest BCUT2D eigenvalue weighted by atomic mass is 10.0. The Hall–Kier alpha value is -2.05. The number of thiazole rings is 1. The third-order valence-corrected chi connectivity index (χ3v) is 4.81. The van der Waals surface area contributed by atoms with E-state index in [1.54, 1.807) is 5.38 Å². The number of nitrogens with one attached hydrogen (secondary N) is 2. The van der Waals surface area contributed by atoms with E-state index in [4.69, 9.17) is 4.55 Å². The summed E-state index contributed by atoms with van der Waals surface area (Å²) in [5.41, 5.74) is 0.401. The van der Waals surface area contributed by atoms with Crippen LogP contribution in [-0.2, 0) is 31.1 Å². The van der Waals surface area contributed by atoms with Crippen LogP contribution in [0.15, 0.2) is 5.38 Å². The number of aromatic nitrogens is 1. The molecule has 2 rings (SSSR count). The van der Waals surface area contributed by atoms with E-state index < -0.39 is 34.2 Å². The van der Waals surface area contributed by atoms with Gasteiger partial charge in [-0.2, -0.15) is 8.42 Å². The molecule has 0 saturated carbocycles. The third kappa shape index (κ3) is 3.23. The van der Waals surface area contributed by atoms with Crippen LogP contribution in [-0.4, -0.2) is 52.6 Å². The predicted molar refractivity (Wildman–Crippen MR) is 75.3 cm³/mol. The molecule has 10 nitrogen and oxygen atoms in total. The lowest BCUT2D eigenvalue weighted by Gasteiger charge is -2.42. The first kappa shape index (κ1) is 16.3. The van der Waals surface area contributed by atoms with E-state index in [0.29, 0.717) is 21.5 Å². The minimum absolute atomic E-state index is 0.126. The number of nitrogens with zero attached hydrogens (tertiary/aromatic N) is 2. The Balaban J connectivity index is 1.93. The molecule has 12 heteroatoms. The zero-order valence-electron chi connectivity index (χ0n) is 11.2. The summed E-state index contributed by atoms with van der Waals surface area (Å²) in [5, 5.41) is 6.63. The fraction of sp³-hybridized carbons (Fsp3) is 0.400. The van der Waals surface area contributed by atoms with Crippen LogP contribution in [0.25, 0.3) is 0 Å². The molecule has 1 aromatic heterocycles. The number of hydrogen-bond donors (Lipinski definition) is 3. The standard InChI is InChI=1S/C10H12N4O6S2/c1-5-8(9(17)14(5)22(18,19)20)13-7(16)2-6-3-21-10(12-6)11-4-15/h3-5,8H,2H2,1H3,(H,13,16)(H,11,12,15)(H,18,19,20)/t5-,8-/m0/s1. The Labute approximate surface area is 129 Å². The largest absolute Gasteiger partial charge is 0.362 e. The summed E-state index contributed by atoms with van der Waals surface area (Å²) >= 11 is 1.14. The first-order valence-corrected chi connectivity index (χ1v) is 8.26. The monoisotopic (exact) mass is 348 g/mol. The van der Waals surface area contributed by atoms with Gasteiger partial charge in [0.2, 0.25) is 12.3 Å². The molecule has 0 bridgehead atoms. The number of carbonyl (C=O) groups excluding carboxylic acids is 3. The average molecular weight is 348 g/mol. The van der Waals surface area contributed by atoms with E-state index in [-0.39, 0.29) is 6.42 Å². The van der Waals surface area contributed by atoms with Crippen molar-refractivity contribution in [3.05, 3.63) is 11.1 Å². The second-order valence-electron chi connectivity index (χ2n) is 4.48. The van der Waals surface area contributed by atoms with Crippen molar-refractivity contribution in [1.82, 2.24) is 14.6 Å². The summed E-state index contributed by atoms with van der Waals surface area (Å²) < 4.78 is 31.0. The Morgan fingerprint density at radius 2 is 2.27 bits per heavy atom. The summed E-state index contributed by atoms with van der Waals surface area (Å²) in [6, 6.07) is -1.88. The van der Waals surface area contributed by atoms with Gasteiger partial charge < -0.3 is 10.6 Å². The number of carbonyl (C=O) groups is 3. The molecule has 2 heterocycles. The molecule has 2 atom stereocenters. The molecule has 22 heavy (non-hydrogen) atoms. The molecule has 1 fully saturated rings. The van der Waals surface area contributed by atoms with Crippen molar-refractivity contribution in [3.63, 3.8) is 0 Å². The average Bonchev–Trinajstić information content (AvgIpc) is 2.82. The minimum Gasteiger partial charge on any atom is -0.342 e. The molecule has 0 radical (unpaired) electrons. The molecule has 120 valence electrons. The zero-order chi connectivity index (χ0) is 16.5. The first-order chi connectivity index (χ1) is 10.2. The van der Waals surface area contributed by atoms with Crippen LogP contribution >= 0.6 is 11.3 Å². The van der Waals surface area contributed by atoms with Gasteiger partial charge >= 0.3 is 10.3 Å². The summed E-state index contributed by atoms with van der Waals surface area (Å²) in [6.07, 6.45) is 0.334. The SMILES string of the molecule is C[C@H]1[C@H](NC(=O)Cc2csc(NC=O)n2)C(=O)N1S(=O)(=O)O. The lowest BCUT2D eigenvalue weighted by Crippen LogP contribution is -2.70. The van der Waals surface area contributed by atoms with Crippen molar-refractivity contribution in [2.24, 2.45) is 0 Å². The molecule has 1 aliphatic heterocycles. The molecule has 0 unspecified atom stereocenters. The summed E-state index contributed by atoms with van der Waals surface area (Å²) in [5.74, 6) is -1.42. The minimum atomic E-state index is -4.61. The van der Waals surface area contributed by atoms with E-state index in [2.05, 4.69) is 15.6 Å². The fourth-order valence-electron chi connectivity index (χ4n) is 2.00. The Morgan fingerprint density at radius 1 is 1.59 bits per heavy atom. The van der Waals surface area contributed by atoms with Gasteiger partial charge in [-0.15, -0.1) is 11.3 Å². The topological polar surface area (TPSA) is 146 Å². The van der Waals surface area contributed by atoms with Crippen molar-refractivity contribution in [1.29, 1.82) is 0 Å². The molecule has 0 aromatic carbocycles. The van der Waals surface area contributed by atoms with Crippen molar-refractivity contribution < 1.29 is 27.4 Å². The Morgan fingerprint density at radius 3 is 2.82 bits per heavy atom. The molecule has 0 spiro atoms. The van der Waals surface area contributed by atoms with Crippen LogP contribution in [0, 0.1) is 0 Å². The molecule has 0 aliphatic carbocycles. The van der Waals surface area contributed by atoms with Gasteiger partial charge in [0, 0.05) is 5.38 Å². The number of anilines is 1.